The highest BCUT2D eigenvalue weighted by Gasteiger charge is 2.21. The zero-order chi connectivity index (χ0) is 14.7. The summed E-state index contributed by atoms with van der Waals surface area (Å²) in [5.41, 5.74) is 9.08. The van der Waals surface area contributed by atoms with E-state index in [1.54, 1.807) is 0 Å². The van der Waals surface area contributed by atoms with Gasteiger partial charge in [-0.2, -0.15) is 0 Å². The van der Waals surface area contributed by atoms with Crippen LogP contribution in [0.4, 0.5) is 0 Å². The fourth-order valence-corrected chi connectivity index (χ4v) is 4.44. The molecule has 0 bridgehead atoms. The van der Waals surface area contributed by atoms with Crippen molar-refractivity contribution in [3.8, 4) is 5.75 Å². The molecule has 2 N–H and O–H groups in total. The minimum atomic E-state index is 0.260. The first-order valence-electron chi connectivity index (χ1n) is 8.42. The topological polar surface area (TPSA) is 35.2 Å². The van der Waals surface area contributed by atoms with Gasteiger partial charge in [0.15, 0.2) is 0 Å². The molecule has 1 aromatic rings. The fourth-order valence-electron chi connectivity index (χ4n) is 3.89. The lowest BCUT2D eigenvalue weighted by Gasteiger charge is -2.20. The van der Waals surface area contributed by atoms with Crippen molar-refractivity contribution in [2.24, 2.45) is 11.7 Å². The summed E-state index contributed by atoms with van der Waals surface area (Å²) in [6, 6.07) is 4.63. The summed E-state index contributed by atoms with van der Waals surface area (Å²) in [6.07, 6.45) is 11.5. The lowest BCUT2D eigenvalue weighted by molar-refractivity contribution is 0.348. The van der Waals surface area contributed by atoms with Gasteiger partial charge in [0.25, 0.3) is 0 Å². The highest BCUT2D eigenvalue weighted by Crippen LogP contribution is 2.34. The average molecular weight is 352 g/mol. The van der Waals surface area contributed by atoms with Gasteiger partial charge >= 0.3 is 0 Å². The predicted octanol–water partition coefficient (Wildman–Crippen LogP) is 4.61. The predicted molar refractivity (Wildman–Crippen MR) is 90.8 cm³/mol. The van der Waals surface area contributed by atoms with Gasteiger partial charge in [0.05, 0.1) is 6.61 Å². The van der Waals surface area contributed by atoms with Crippen molar-refractivity contribution in [3.05, 3.63) is 27.7 Å². The summed E-state index contributed by atoms with van der Waals surface area (Å²) in [5.74, 6) is 1.94. The Hall–Kier alpha value is -0.540. The molecule has 0 aromatic heterocycles. The Bertz CT molecular complexity index is 480. The maximum atomic E-state index is 6.46. The SMILES string of the molecule is NC(Cc1cc(Br)cc2c1OCC2)CC1CCCCCC1. The summed E-state index contributed by atoms with van der Waals surface area (Å²) in [5, 5.41) is 0. The van der Waals surface area contributed by atoms with E-state index < -0.39 is 0 Å². The Labute approximate surface area is 136 Å². The van der Waals surface area contributed by atoms with Crippen LogP contribution < -0.4 is 10.5 Å². The van der Waals surface area contributed by atoms with E-state index in [1.807, 2.05) is 0 Å². The van der Waals surface area contributed by atoms with Crippen LogP contribution in [0.1, 0.15) is 56.1 Å². The standard InChI is InChI=1S/C18H26BrNO/c19-16-10-14-7-8-21-18(14)15(11-16)12-17(20)9-13-5-3-1-2-4-6-13/h10-11,13,17H,1-9,12,20H2. The molecule has 1 atom stereocenters. The van der Waals surface area contributed by atoms with Crippen LogP contribution in [0, 0.1) is 5.92 Å². The second-order valence-electron chi connectivity index (χ2n) is 6.71. The van der Waals surface area contributed by atoms with E-state index in [1.165, 1.54) is 56.1 Å². The monoisotopic (exact) mass is 351 g/mol. The molecule has 0 spiro atoms. The minimum absolute atomic E-state index is 0.260. The third-order valence-electron chi connectivity index (χ3n) is 4.92. The van der Waals surface area contributed by atoms with Gasteiger partial charge in [-0.1, -0.05) is 54.5 Å². The summed E-state index contributed by atoms with van der Waals surface area (Å²) in [6.45, 7) is 0.816. The van der Waals surface area contributed by atoms with Crippen LogP contribution >= 0.6 is 15.9 Å². The number of hydrogen-bond donors (Lipinski definition) is 1. The molecule has 1 saturated carbocycles. The molecular weight excluding hydrogens is 326 g/mol. The summed E-state index contributed by atoms with van der Waals surface area (Å²) in [7, 11) is 0. The van der Waals surface area contributed by atoms with Crippen LogP contribution in [-0.2, 0) is 12.8 Å². The molecule has 2 nitrogen and oxygen atoms in total. The number of hydrogen-bond acceptors (Lipinski definition) is 2. The maximum Gasteiger partial charge on any atom is 0.125 e. The Morgan fingerprint density at radius 2 is 1.95 bits per heavy atom. The second kappa shape index (κ2) is 7.15. The van der Waals surface area contributed by atoms with Gasteiger partial charge < -0.3 is 10.5 Å². The molecule has 1 fully saturated rings. The van der Waals surface area contributed by atoms with E-state index in [2.05, 4.69) is 28.1 Å². The van der Waals surface area contributed by atoms with Crippen molar-refractivity contribution >= 4 is 15.9 Å². The Morgan fingerprint density at radius 1 is 1.19 bits per heavy atom. The molecule has 1 aliphatic heterocycles. The van der Waals surface area contributed by atoms with Crippen LogP contribution in [-0.4, -0.2) is 12.6 Å². The highest BCUT2D eigenvalue weighted by molar-refractivity contribution is 9.10. The molecule has 0 amide bonds. The molecular formula is C18H26BrNO. The van der Waals surface area contributed by atoms with Gasteiger partial charge in [0, 0.05) is 16.9 Å². The number of rotatable bonds is 4. The van der Waals surface area contributed by atoms with Gasteiger partial charge in [-0.3, -0.25) is 0 Å². The number of ether oxygens (including phenoxy) is 1. The van der Waals surface area contributed by atoms with Crippen LogP contribution in [0.3, 0.4) is 0 Å². The second-order valence-corrected chi connectivity index (χ2v) is 7.62. The smallest absolute Gasteiger partial charge is 0.125 e. The molecule has 1 aromatic carbocycles. The zero-order valence-electron chi connectivity index (χ0n) is 12.7. The van der Waals surface area contributed by atoms with Crippen molar-refractivity contribution in [3.63, 3.8) is 0 Å². The number of halogens is 1. The van der Waals surface area contributed by atoms with Crippen LogP contribution in [0.5, 0.6) is 5.75 Å². The summed E-state index contributed by atoms with van der Waals surface area (Å²) < 4.78 is 6.98. The lowest BCUT2D eigenvalue weighted by atomic mass is 9.90. The van der Waals surface area contributed by atoms with Crippen molar-refractivity contribution in [1.82, 2.24) is 0 Å². The van der Waals surface area contributed by atoms with E-state index in [9.17, 15) is 0 Å². The Balaban J connectivity index is 1.63. The van der Waals surface area contributed by atoms with Crippen molar-refractivity contribution < 1.29 is 4.74 Å². The first-order chi connectivity index (χ1) is 10.2. The van der Waals surface area contributed by atoms with E-state index in [0.717, 1.165) is 35.6 Å². The summed E-state index contributed by atoms with van der Waals surface area (Å²) in [4.78, 5) is 0. The average Bonchev–Trinajstić information content (AvgIpc) is 2.76. The minimum Gasteiger partial charge on any atom is -0.493 e. The van der Waals surface area contributed by atoms with E-state index in [0.29, 0.717) is 0 Å². The lowest BCUT2D eigenvalue weighted by Crippen LogP contribution is -2.26. The zero-order valence-corrected chi connectivity index (χ0v) is 14.3. The summed E-state index contributed by atoms with van der Waals surface area (Å²) >= 11 is 3.62. The third kappa shape index (κ3) is 4.01. The molecule has 1 unspecified atom stereocenters. The van der Waals surface area contributed by atoms with Crippen LogP contribution in [0.2, 0.25) is 0 Å². The Morgan fingerprint density at radius 3 is 2.71 bits per heavy atom. The van der Waals surface area contributed by atoms with Crippen LogP contribution in [0.15, 0.2) is 16.6 Å². The van der Waals surface area contributed by atoms with Gasteiger partial charge in [0.1, 0.15) is 5.75 Å². The molecule has 1 heterocycles. The maximum absolute atomic E-state index is 6.46. The van der Waals surface area contributed by atoms with E-state index in [-0.39, 0.29) is 6.04 Å². The first-order valence-corrected chi connectivity index (χ1v) is 9.21. The molecule has 3 rings (SSSR count). The third-order valence-corrected chi connectivity index (χ3v) is 5.38. The first kappa shape index (κ1) is 15.4. The number of benzene rings is 1. The Kier molecular flexibility index (Phi) is 5.23. The quantitative estimate of drug-likeness (QED) is 0.803. The van der Waals surface area contributed by atoms with Crippen molar-refractivity contribution in [2.45, 2.75) is 63.8 Å². The van der Waals surface area contributed by atoms with E-state index >= 15 is 0 Å². The van der Waals surface area contributed by atoms with Crippen LogP contribution in [0.25, 0.3) is 0 Å². The van der Waals surface area contributed by atoms with Gasteiger partial charge in [-0.25, -0.2) is 0 Å². The molecule has 3 heteroatoms. The number of nitrogens with two attached hydrogens (primary N) is 1. The molecule has 0 radical (unpaired) electrons. The van der Waals surface area contributed by atoms with E-state index in [4.69, 9.17) is 10.5 Å². The molecule has 21 heavy (non-hydrogen) atoms. The molecule has 0 saturated heterocycles. The van der Waals surface area contributed by atoms with Gasteiger partial charge in [-0.15, -0.1) is 0 Å². The van der Waals surface area contributed by atoms with Crippen molar-refractivity contribution in [2.75, 3.05) is 6.61 Å². The molecule has 2 aliphatic rings. The largest absolute Gasteiger partial charge is 0.493 e. The molecule has 116 valence electrons. The fraction of sp³-hybridized carbons (Fsp3) is 0.667. The highest BCUT2D eigenvalue weighted by atomic mass is 79.9. The van der Waals surface area contributed by atoms with Crippen molar-refractivity contribution in [1.29, 1.82) is 0 Å². The van der Waals surface area contributed by atoms with Gasteiger partial charge in [-0.05, 0) is 42.0 Å². The number of fused-ring (bicyclic) bond motifs is 1. The normalized spacial score (nSPS) is 20.7. The van der Waals surface area contributed by atoms with Gasteiger partial charge in [0.2, 0.25) is 0 Å². The molecule has 1 aliphatic carbocycles.